The predicted molar refractivity (Wildman–Crippen MR) is 30.6 cm³/mol. The van der Waals surface area contributed by atoms with E-state index in [-0.39, 0.29) is 18.2 Å². The van der Waals surface area contributed by atoms with Gasteiger partial charge in [0, 0.05) is 13.1 Å². The second-order valence-electron chi connectivity index (χ2n) is 2.30. The van der Waals surface area contributed by atoms with E-state index in [1.807, 2.05) is 0 Å². The van der Waals surface area contributed by atoms with Gasteiger partial charge >= 0.3 is 0 Å². The number of nitrogens with zero attached hydrogens (tertiary/aromatic N) is 1. The van der Waals surface area contributed by atoms with Crippen LogP contribution in [0.25, 0.3) is 0 Å². The van der Waals surface area contributed by atoms with E-state index in [4.69, 9.17) is 4.74 Å². The summed E-state index contributed by atoms with van der Waals surface area (Å²) >= 11 is 0. The molecule has 0 saturated carbocycles. The number of rotatable bonds is 0. The molecule has 0 spiro atoms. The Hall–Kier alpha value is -0.830. The van der Waals surface area contributed by atoms with Crippen molar-refractivity contribution in [2.24, 2.45) is 0 Å². The molecule has 1 amide bonds. The Bertz CT molecular complexity index is 187. The molecule has 1 fully saturated rings. The molecule has 0 aliphatic carbocycles. The van der Waals surface area contributed by atoms with Crippen LogP contribution in [-0.4, -0.2) is 30.2 Å². The average molecular weight is 125 g/mol. The van der Waals surface area contributed by atoms with Gasteiger partial charge in [-0.25, -0.2) is 0 Å². The summed E-state index contributed by atoms with van der Waals surface area (Å²) in [4.78, 5) is 12.4. The lowest BCUT2D eigenvalue weighted by molar-refractivity contribution is -0.126. The molecule has 3 nitrogen and oxygen atoms in total. The van der Waals surface area contributed by atoms with Gasteiger partial charge in [0.05, 0.1) is 0 Å². The maximum Gasteiger partial charge on any atom is 0.248 e. The fourth-order valence-electron chi connectivity index (χ4n) is 0.988. The fraction of sp³-hybridized carbons (Fsp3) is 0.500. The number of carbonyl (C=O) groups excluding carboxylic acids is 1. The standard InChI is InChI=1S/C6H7NO2/c1-7-5(8)3-2-4-6(7)9-4/h2-4,6H,1H3. The average Bonchev–Trinajstić information content (AvgIpc) is 2.58. The van der Waals surface area contributed by atoms with Crippen molar-refractivity contribution in [3.63, 3.8) is 0 Å². The third-order valence-corrected chi connectivity index (χ3v) is 1.66. The monoisotopic (exact) mass is 125 g/mol. The normalized spacial score (nSPS) is 38.8. The van der Waals surface area contributed by atoms with Crippen molar-refractivity contribution in [2.45, 2.75) is 12.3 Å². The highest BCUT2D eigenvalue weighted by molar-refractivity contribution is 5.89. The molecule has 2 aliphatic rings. The lowest BCUT2D eigenvalue weighted by atomic mass is 10.3. The Labute approximate surface area is 52.9 Å². The first-order valence-corrected chi connectivity index (χ1v) is 2.89. The minimum atomic E-state index is 0.0359. The minimum absolute atomic E-state index is 0.0359. The van der Waals surface area contributed by atoms with Gasteiger partial charge in [-0.2, -0.15) is 0 Å². The van der Waals surface area contributed by atoms with Crippen LogP contribution in [0.4, 0.5) is 0 Å². The number of hydrogen-bond donors (Lipinski definition) is 0. The molecule has 2 rings (SSSR count). The second-order valence-corrected chi connectivity index (χ2v) is 2.30. The maximum absolute atomic E-state index is 10.8. The van der Waals surface area contributed by atoms with E-state index in [1.165, 1.54) is 0 Å². The van der Waals surface area contributed by atoms with E-state index in [0.717, 1.165) is 0 Å². The molecule has 2 aliphatic heterocycles. The maximum atomic E-state index is 10.8. The Morgan fingerprint density at radius 3 is 3.22 bits per heavy atom. The molecule has 0 radical (unpaired) electrons. The second kappa shape index (κ2) is 1.36. The number of epoxide rings is 1. The van der Waals surface area contributed by atoms with Crippen molar-refractivity contribution < 1.29 is 9.53 Å². The largest absolute Gasteiger partial charge is 0.343 e. The highest BCUT2D eigenvalue weighted by Gasteiger charge is 2.44. The summed E-state index contributed by atoms with van der Waals surface area (Å²) in [6.45, 7) is 0. The third kappa shape index (κ3) is 0.580. The fourth-order valence-corrected chi connectivity index (χ4v) is 0.988. The highest BCUT2D eigenvalue weighted by Crippen LogP contribution is 2.29. The molecule has 2 unspecified atom stereocenters. The summed E-state index contributed by atoms with van der Waals surface area (Å²) in [6, 6.07) is 0. The van der Waals surface area contributed by atoms with Gasteiger partial charge in [0.15, 0.2) is 6.23 Å². The van der Waals surface area contributed by atoms with Crippen molar-refractivity contribution in [3.8, 4) is 0 Å². The molecule has 9 heavy (non-hydrogen) atoms. The van der Waals surface area contributed by atoms with Gasteiger partial charge in [0.1, 0.15) is 6.10 Å². The van der Waals surface area contributed by atoms with E-state index in [0.29, 0.717) is 0 Å². The van der Waals surface area contributed by atoms with Crippen LogP contribution in [0.3, 0.4) is 0 Å². The van der Waals surface area contributed by atoms with E-state index in [1.54, 1.807) is 24.1 Å². The first kappa shape index (κ1) is 4.99. The Morgan fingerprint density at radius 1 is 1.78 bits per heavy atom. The number of amides is 1. The van der Waals surface area contributed by atoms with Crippen LogP contribution in [0.1, 0.15) is 0 Å². The summed E-state index contributed by atoms with van der Waals surface area (Å²) in [5.74, 6) is 0.0359. The molecule has 0 aromatic heterocycles. The molecule has 0 aromatic rings. The van der Waals surface area contributed by atoms with Crippen LogP contribution < -0.4 is 0 Å². The molecule has 2 heterocycles. The molecular formula is C6H7NO2. The Balaban J connectivity index is 2.25. The zero-order valence-corrected chi connectivity index (χ0v) is 5.07. The van der Waals surface area contributed by atoms with Gasteiger partial charge < -0.3 is 9.64 Å². The van der Waals surface area contributed by atoms with Gasteiger partial charge in [-0.3, -0.25) is 4.79 Å². The summed E-state index contributed by atoms with van der Waals surface area (Å²) in [5.41, 5.74) is 0. The topological polar surface area (TPSA) is 32.8 Å². The summed E-state index contributed by atoms with van der Waals surface area (Å²) in [5, 5.41) is 0. The first-order chi connectivity index (χ1) is 4.29. The molecule has 0 N–H and O–H groups in total. The smallest absolute Gasteiger partial charge is 0.248 e. The van der Waals surface area contributed by atoms with E-state index in [2.05, 4.69) is 0 Å². The van der Waals surface area contributed by atoms with E-state index >= 15 is 0 Å². The van der Waals surface area contributed by atoms with Gasteiger partial charge in [0.25, 0.3) is 0 Å². The molecule has 48 valence electrons. The van der Waals surface area contributed by atoms with Crippen molar-refractivity contribution in [2.75, 3.05) is 7.05 Å². The summed E-state index contributed by atoms with van der Waals surface area (Å²) in [7, 11) is 1.75. The van der Waals surface area contributed by atoms with Crippen LogP contribution in [-0.2, 0) is 9.53 Å². The van der Waals surface area contributed by atoms with Crippen LogP contribution >= 0.6 is 0 Å². The zero-order valence-electron chi connectivity index (χ0n) is 5.07. The van der Waals surface area contributed by atoms with Gasteiger partial charge in [-0.05, 0) is 6.08 Å². The van der Waals surface area contributed by atoms with Crippen molar-refractivity contribution in [1.82, 2.24) is 4.90 Å². The molecule has 1 saturated heterocycles. The Kier molecular flexibility index (Phi) is 0.754. The molecule has 0 bridgehead atoms. The predicted octanol–water partition coefficient (Wildman–Crippen LogP) is -0.261. The number of hydrogen-bond acceptors (Lipinski definition) is 2. The number of likely N-dealkylation sites (N-methyl/N-ethyl adjacent to an activating group) is 1. The number of ether oxygens (including phenoxy) is 1. The molecule has 3 heteroatoms. The number of carbonyl (C=O) groups is 1. The van der Waals surface area contributed by atoms with Gasteiger partial charge in [-0.15, -0.1) is 0 Å². The van der Waals surface area contributed by atoms with Crippen LogP contribution in [0, 0.1) is 0 Å². The van der Waals surface area contributed by atoms with Crippen molar-refractivity contribution >= 4 is 5.91 Å². The summed E-state index contributed by atoms with van der Waals surface area (Å²) < 4.78 is 5.08. The summed E-state index contributed by atoms with van der Waals surface area (Å²) in [6.07, 6.45) is 3.58. The lowest BCUT2D eigenvalue weighted by Gasteiger charge is -2.13. The molecular weight excluding hydrogens is 118 g/mol. The zero-order chi connectivity index (χ0) is 6.43. The van der Waals surface area contributed by atoms with E-state index < -0.39 is 0 Å². The third-order valence-electron chi connectivity index (χ3n) is 1.66. The lowest BCUT2D eigenvalue weighted by Crippen LogP contribution is -2.31. The van der Waals surface area contributed by atoms with Crippen LogP contribution in [0.5, 0.6) is 0 Å². The van der Waals surface area contributed by atoms with E-state index in [9.17, 15) is 4.79 Å². The number of fused-ring (bicyclic) bond motifs is 1. The van der Waals surface area contributed by atoms with Crippen molar-refractivity contribution in [1.29, 1.82) is 0 Å². The first-order valence-electron chi connectivity index (χ1n) is 2.89. The quantitative estimate of drug-likeness (QED) is 0.418. The highest BCUT2D eigenvalue weighted by atomic mass is 16.6. The Morgan fingerprint density at radius 2 is 2.56 bits per heavy atom. The van der Waals surface area contributed by atoms with Crippen molar-refractivity contribution in [3.05, 3.63) is 12.2 Å². The molecule has 2 atom stereocenters. The van der Waals surface area contributed by atoms with Crippen LogP contribution in [0.2, 0.25) is 0 Å². The van der Waals surface area contributed by atoms with Crippen LogP contribution in [0.15, 0.2) is 12.2 Å². The SMILES string of the molecule is CN1C(=O)C=CC2OC21. The van der Waals surface area contributed by atoms with Gasteiger partial charge in [0.2, 0.25) is 5.91 Å². The molecule has 0 aromatic carbocycles. The minimum Gasteiger partial charge on any atom is -0.343 e. The van der Waals surface area contributed by atoms with Gasteiger partial charge in [-0.1, -0.05) is 0 Å².